The van der Waals surface area contributed by atoms with Crippen molar-refractivity contribution in [3.63, 3.8) is 0 Å². The highest BCUT2D eigenvalue weighted by molar-refractivity contribution is 9.10. The molecule has 16 heavy (non-hydrogen) atoms. The van der Waals surface area contributed by atoms with Crippen LogP contribution in [0.4, 0.5) is 4.39 Å². The zero-order valence-corrected chi connectivity index (χ0v) is 10.6. The first-order chi connectivity index (χ1) is 7.74. The maximum atomic E-state index is 13.4. The van der Waals surface area contributed by atoms with E-state index >= 15 is 0 Å². The van der Waals surface area contributed by atoms with Crippen molar-refractivity contribution >= 4 is 15.9 Å². The molecule has 0 amide bonds. The van der Waals surface area contributed by atoms with Gasteiger partial charge in [-0.1, -0.05) is 12.1 Å². The molecule has 0 radical (unpaired) electrons. The molecule has 0 aliphatic carbocycles. The van der Waals surface area contributed by atoms with Gasteiger partial charge in [0.2, 0.25) is 0 Å². The first-order valence-corrected chi connectivity index (χ1v) is 5.97. The van der Waals surface area contributed by atoms with Gasteiger partial charge in [-0.25, -0.2) is 4.39 Å². The Kier molecular flexibility index (Phi) is 3.61. The zero-order valence-electron chi connectivity index (χ0n) is 8.97. The van der Waals surface area contributed by atoms with Crippen molar-refractivity contribution in [2.24, 2.45) is 0 Å². The Morgan fingerprint density at radius 1 is 1.50 bits per heavy atom. The van der Waals surface area contributed by atoms with Crippen molar-refractivity contribution < 1.29 is 9.13 Å². The molecule has 1 heterocycles. The topological polar surface area (TPSA) is 21.3 Å². The Labute approximate surface area is 103 Å². The Morgan fingerprint density at radius 3 is 2.94 bits per heavy atom. The lowest BCUT2D eigenvalue weighted by atomic mass is 10.0. The van der Waals surface area contributed by atoms with E-state index in [9.17, 15) is 4.39 Å². The van der Waals surface area contributed by atoms with Gasteiger partial charge in [-0.2, -0.15) is 0 Å². The highest BCUT2D eigenvalue weighted by Gasteiger charge is 2.22. The highest BCUT2D eigenvalue weighted by atomic mass is 79.9. The van der Waals surface area contributed by atoms with E-state index in [4.69, 9.17) is 4.74 Å². The minimum Gasteiger partial charge on any atom is -0.496 e. The van der Waals surface area contributed by atoms with Crippen molar-refractivity contribution in [2.75, 3.05) is 13.7 Å². The Hall–Kier alpha value is -0.870. The van der Waals surface area contributed by atoms with E-state index in [1.54, 1.807) is 6.07 Å². The maximum absolute atomic E-state index is 13.4. The molecule has 4 heteroatoms. The molecule has 0 saturated heterocycles. The van der Waals surface area contributed by atoms with Crippen molar-refractivity contribution in [1.82, 2.24) is 5.32 Å². The number of hydrogen-bond donors (Lipinski definition) is 1. The zero-order chi connectivity index (χ0) is 11.5. The van der Waals surface area contributed by atoms with E-state index in [-0.39, 0.29) is 11.9 Å². The highest BCUT2D eigenvalue weighted by Crippen LogP contribution is 2.32. The van der Waals surface area contributed by atoms with Gasteiger partial charge in [0.05, 0.1) is 17.1 Å². The Bertz CT molecular complexity index is 419. The van der Waals surface area contributed by atoms with Crippen LogP contribution in [0.2, 0.25) is 0 Å². The minimum absolute atomic E-state index is 0.0902. The maximum Gasteiger partial charge on any atom is 0.137 e. The van der Waals surface area contributed by atoms with Crippen molar-refractivity contribution in [3.05, 3.63) is 45.9 Å². The molecule has 1 aromatic rings. The SMILES string of the molecule is CNC(C1=CCCO1)c1cccc(F)c1Br. The average molecular weight is 286 g/mol. The second kappa shape index (κ2) is 4.97. The van der Waals surface area contributed by atoms with Crippen LogP contribution in [0.3, 0.4) is 0 Å². The molecule has 1 aliphatic heterocycles. The van der Waals surface area contributed by atoms with Crippen LogP contribution in [-0.2, 0) is 4.74 Å². The van der Waals surface area contributed by atoms with Crippen molar-refractivity contribution in [2.45, 2.75) is 12.5 Å². The summed E-state index contributed by atoms with van der Waals surface area (Å²) in [6, 6.07) is 4.93. The molecule has 86 valence electrons. The summed E-state index contributed by atoms with van der Waals surface area (Å²) in [5, 5.41) is 3.14. The van der Waals surface area contributed by atoms with Crippen LogP contribution in [-0.4, -0.2) is 13.7 Å². The van der Waals surface area contributed by atoms with Gasteiger partial charge in [0, 0.05) is 6.42 Å². The normalized spacial score (nSPS) is 16.8. The third kappa shape index (κ3) is 2.13. The summed E-state index contributed by atoms with van der Waals surface area (Å²) in [7, 11) is 1.84. The largest absolute Gasteiger partial charge is 0.496 e. The molecule has 1 N–H and O–H groups in total. The molecule has 1 aliphatic rings. The number of benzene rings is 1. The molecule has 0 spiro atoms. The molecule has 2 rings (SSSR count). The van der Waals surface area contributed by atoms with Crippen LogP contribution >= 0.6 is 15.9 Å². The number of likely N-dealkylation sites (N-methyl/N-ethyl adjacent to an activating group) is 1. The fourth-order valence-electron chi connectivity index (χ4n) is 1.83. The first kappa shape index (κ1) is 11.6. The second-order valence-corrected chi connectivity index (χ2v) is 4.40. The van der Waals surface area contributed by atoms with Gasteiger partial charge < -0.3 is 10.1 Å². The monoisotopic (exact) mass is 285 g/mol. The van der Waals surface area contributed by atoms with Gasteiger partial charge in [0.15, 0.2) is 0 Å². The summed E-state index contributed by atoms with van der Waals surface area (Å²) in [6.07, 6.45) is 2.96. The van der Waals surface area contributed by atoms with E-state index in [0.717, 1.165) is 17.7 Å². The van der Waals surface area contributed by atoms with Gasteiger partial charge in [0.25, 0.3) is 0 Å². The van der Waals surface area contributed by atoms with Crippen LogP contribution in [0.25, 0.3) is 0 Å². The molecular weight excluding hydrogens is 273 g/mol. The summed E-state index contributed by atoms with van der Waals surface area (Å²) < 4.78 is 19.4. The van der Waals surface area contributed by atoms with Gasteiger partial charge in [-0.15, -0.1) is 0 Å². The molecule has 0 fully saturated rings. The number of hydrogen-bond acceptors (Lipinski definition) is 2. The van der Waals surface area contributed by atoms with Crippen LogP contribution in [0.5, 0.6) is 0 Å². The van der Waals surface area contributed by atoms with Gasteiger partial charge in [0.1, 0.15) is 11.6 Å². The number of ether oxygens (including phenoxy) is 1. The van der Waals surface area contributed by atoms with E-state index in [1.807, 2.05) is 19.2 Å². The standard InChI is InChI=1S/C12H13BrFNO/c1-15-12(10-6-3-7-16-10)8-4-2-5-9(14)11(8)13/h2,4-6,12,15H,3,7H2,1H3. The molecule has 0 saturated carbocycles. The van der Waals surface area contributed by atoms with E-state index in [1.165, 1.54) is 6.07 Å². The third-order valence-corrected chi connectivity index (χ3v) is 3.43. The van der Waals surface area contributed by atoms with E-state index < -0.39 is 0 Å². The van der Waals surface area contributed by atoms with Crippen LogP contribution in [0.1, 0.15) is 18.0 Å². The minimum atomic E-state index is -0.253. The molecule has 1 atom stereocenters. The smallest absolute Gasteiger partial charge is 0.137 e. The van der Waals surface area contributed by atoms with E-state index in [0.29, 0.717) is 11.1 Å². The summed E-state index contributed by atoms with van der Waals surface area (Å²) in [6.45, 7) is 0.709. The van der Waals surface area contributed by atoms with Gasteiger partial charge in [-0.05, 0) is 40.7 Å². The lowest BCUT2D eigenvalue weighted by Crippen LogP contribution is -2.19. The summed E-state index contributed by atoms with van der Waals surface area (Å²) >= 11 is 3.27. The number of halogens is 2. The molecule has 1 unspecified atom stereocenters. The fraction of sp³-hybridized carbons (Fsp3) is 0.333. The average Bonchev–Trinajstić information content (AvgIpc) is 2.79. The molecule has 2 nitrogen and oxygen atoms in total. The first-order valence-electron chi connectivity index (χ1n) is 5.18. The predicted molar refractivity (Wildman–Crippen MR) is 64.6 cm³/mol. The molecule has 0 aromatic heterocycles. The quantitative estimate of drug-likeness (QED) is 0.921. The van der Waals surface area contributed by atoms with Crippen LogP contribution < -0.4 is 5.32 Å². The lowest BCUT2D eigenvalue weighted by molar-refractivity contribution is 0.217. The van der Waals surface area contributed by atoms with Gasteiger partial charge in [-0.3, -0.25) is 0 Å². The summed E-state index contributed by atoms with van der Waals surface area (Å²) in [5.74, 6) is 0.616. The second-order valence-electron chi connectivity index (χ2n) is 3.61. The Morgan fingerprint density at radius 2 is 2.31 bits per heavy atom. The molecular formula is C12H13BrFNO. The Balaban J connectivity index is 2.36. The fourth-order valence-corrected chi connectivity index (χ4v) is 2.33. The lowest BCUT2D eigenvalue weighted by Gasteiger charge is -2.19. The van der Waals surface area contributed by atoms with E-state index in [2.05, 4.69) is 21.2 Å². The number of nitrogens with one attached hydrogen (secondary N) is 1. The van der Waals surface area contributed by atoms with Gasteiger partial charge >= 0.3 is 0 Å². The number of rotatable bonds is 3. The summed E-state index contributed by atoms with van der Waals surface area (Å²) in [5.41, 5.74) is 0.857. The summed E-state index contributed by atoms with van der Waals surface area (Å²) in [4.78, 5) is 0. The molecule has 0 bridgehead atoms. The van der Waals surface area contributed by atoms with Crippen molar-refractivity contribution in [3.8, 4) is 0 Å². The third-order valence-electron chi connectivity index (χ3n) is 2.60. The van der Waals surface area contributed by atoms with Crippen molar-refractivity contribution in [1.29, 1.82) is 0 Å². The molecule has 1 aromatic carbocycles. The van der Waals surface area contributed by atoms with Crippen LogP contribution in [0, 0.1) is 5.82 Å². The predicted octanol–water partition coefficient (Wildman–Crippen LogP) is 3.15. The van der Waals surface area contributed by atoms with Crippen LogP contribution in [0.15, 0.2) is 34.5 Å².